The lowest BCUT2D eigenvalue weighted by Gasteiger charge is -2.37. The van der Waals surface area contributed by atoms with Crippen molar-refractivity contribution in [1.29, 1.82) is 0 Å². The zero-order valence-corrected chi connectivity index (χ0v) is 28.1. The maximum atomic E-state index is 13.4. The number of carbonyl (C=O) groups excluding carboxylic acids is 3. The number of amides is 3. The Kier molecular flexibility index (Phi) is 11.3. The zero-order chi connectivity index (χ0) is 32.0. The molecule has 2 saturated heterocycles. The molecular weight excluding hydrogens is 622 g/mol. The van der Waals surface area contributed by atoms with Crippen LogP contribution in [0.1, 0.15) is 59.8 Å². The molecule has 2 aliphatic heterocycles. The van der Waals surface area contributed by atoms with Crippen LogP contribution in [-0.4, -0.2) is 87.9 Å². The van der Waals surface area contributed by atoms with Crippen LogP contribution in [0.4, 0.5) is 5.69 Å². The molecule has 0 radical (unpaired) electrons. The van der Waals surface area contributed by atoms with Crippen LogP contribution >= 0.6 is 15.9 Å². The minimum absolute atomic E-state index is 0.165. The number of rotatable bonds is 12. The number of nitrogens with one attached hydrogen (secondary N) is 1. The largest absolute Gasteiger partial charge is 0.368 e. The molecule has 1 unspecified atom stereocenters. The lowest BCUT2D eigenvalue weighted by molar-refractivity contribution is -0.143. The Morgan fingerprint density at radius 2 is 1.93 bits per heavy atom. The number of hydrogen-bond acceptors (Lipinski definition) is 6. The van der Waals surface area contributed by atoms with Gasteiger partial charge in [-0.3, -0.25) is 19.3 Å². The van der Waals surface area contributed by atoms with Gasteiger partial charge in [0.15, 0.2) is 0 Å². The van der Waals surface area contributed by atoms with Gasteiger partial charge in [0.25, 0.3) is 0 Å². The van der Waals surface area contributed by atoms with Gasteiger partial charge in [-0.2, -0.15) is 0 Å². The number of halogens is 1. The van der Waals surface area contributed by atoms with E-state index >= 15 is 0 Å². The number of anilines is 1. The molecule has 11 heteroatoms. The molecular formula is C33H48BrN7O3. The molecule has 3 heterocycles. The van der Waals surface area contributed by atoms with Crippen LogP contribution in [0, 0.1) is 11.3 Å². The zero-order valence-electron chi connectivity index (χ0n) is 26.5. The molecule has 3 amide bonds. The van der Waals surface area contributed by atoms with Crippen LogP contribution in [0.5, 0.6) is 0 Å². The molecule has 4 rings (SSSR count). The second-order valence-corrected chi connectivity index (χ2v) is 14.1. The van der Waals surface area contributed by atoms with Crippen LogP contribution in [0.2, 0.25) is 0 Å². The lowest BCUT2D eigenvalue weighted by atomic mass is 9.85. The third-order valence-electron chi connectivity index (χ3n) is 9.01. The Labute approximate surface area is 270 Å². The van der Waals surface area contributed by atoms with E-state index in [1.807, 2.05) is 37.6 Å². The predicted molar refractivity (Wildman–Crippen MR) is 177 cm³/mol. The number of likely N-dealkylation sites (tertiary alicyclic amines) is 2. The Morgan fingerprint density at radius 1 is 1.20 bits per heavy atom. The van der Waals surface area contributed by atoms with Crippen LogP contribution in [0.25, 0.3) is 5.69 Å². The van der Waals surface area contributed by atoms with E-state index in [0.29, 0.717) is 18.9 Å². The molecule has 10 nitrogen and oxygen atoms in total. The highest BCUT2D eigenvalue weighted by Gasteiger charge is 2.41. The number of hydrogen-bond donors (Lipinski definition) is 2. The summed E-state index contributed by atoms with van der Waals surface area (Å²) in [5.74, 6) is -0.321. The van der Waals surface area contributed by atoms with E-state index in [1.165, 1.54) is 0 Å². The summed E-state index contributed by atoms with van der Waals surface area (Å²) < 4.78 is 2.99. The van der Waals surface area contributed by atoms with Crippen LogP contribution in [0.15, 0.2) is 54.0 Å². The first-order valence-corrected chi connectivity index (χ1v) is 16.5. The molecule has 1 aromatic heterocycles. The minimum atomic E-state index is -0.723. The van der Waals surface area contributed by atoms with Crippen LogP contribution < -0.4 is 16.0 Å². The van der Waals surface area contributed by atoms with Crippen molar-refractivity contribution in [2.24, 2.45) is 17.1 Å². The number of nitrogens with zero attached hydrogens (tertiary/aromatic N) is 5. The van der Waals surface area contributed by atoms with Gasteiger partial charge in [-0.15, -0.1) is 6.58 Å². The SMILES string of the molecule is C=CC(C)N(CCC1CCN(CC(=O)N[C@H](C(=O)N2CCC[C@H]2C(N)=O)C(C)(C)C)CC1)c1ccc(-n2ccnc2)c(Br)c1. The summed E-state index contributed by atoms with van der Waals surface area (Å²) in [5.41, 5.74) is 7.22. The van der Waals surface area contributed by atoms with E-state index in [9.17, 15) is 14.4 Å². The Hall–Kier alpha value is -3.18. The summed E-state index contributed by atoms with van der Waals surface area (Å²) in [6.07, 6.45) is 11.9. The summed E-state index contributed by atoms with van der Waals surface area (Å²) >= 11 is 3.74. The van der Waals surface area contributed by atoms with Crippen molar-refractivity contribution < 1.29 is 14.4 Å². The number of carbonyl (C=O) groups is 3. The van der Waals surface area contributed by atoms with E-state index < -0.39 is 23.4 Å². The number of imidazole rings is 1. The van der Waals surface area contributed by atoms with Gasteiger partial charge >= 0.3 is 0 Å². The van der Waals surface area contributed by atoms with E-state index in [1.54, 1.807) is 17.4 Å². The number of nitrogens with two attached hydrogens (primary N) is 1. The first kappa shape index (κ1) is 33.7. The van der Waals surface area contributed by atoms with Crippen LogP contribution in [-0.2, 0) is 14.4 Å². The van der Waals surface area contributed by atoms with Gasteiger partial charge in [-0.25, -0.2) is 4.98 Å². The summed E-state index contributed by atoms with van der Waals surface area (Å²) in [5, 5.41) is 3.00. The third kappa shape index (κ3) is 8.29. The van der Waals surface area contributed by atoms with Crippen molar-refractivity contribution in [3.05, 3.63) is 54.0 Å². The maximum Gasteiger partial charge on any atom is 0.246 e. The average molecular weight is 671 g/mol. The van der Waals surface area contributed by atoms with Gasteiger partial charge < -0.3 is 25.4 Å². The second-order valence-electron chi connectivity index (χ2n) is 13.2. The molecule has 0 saturated carbocycles. The van der Waals surface area contributed by atoms with Gasteiger partial charge in [0.2, 0.25) is 17.7 Å². The molecule has 3 atom stereocenters. The molecule has 0 spiro atoms. The number of piperidine rings is 1. The average Bonchev–Trinajstić information content (AvgIpc) is 3.69. The summed E-state index contributed by atoms with van der Waals surface area (Å²) in [7, 11) is 0. The fourth-order valence-corrected chi connectivity index (χ4v) is 6.86. The summed E-state index contributed by atoms with van der Waals surface area (Å²) in [4.78, 5) is 48.8. The first-order chi connectivity index (χ1) is 20.9. The smallest absolute Gasteiger partial charge is 0.246 e. The van der Waals surface area contributed by atoms with Crippen molar-refractivity contribution in [3.8, 4) is 5.69 Å². The molecule has 1 aromatic carbocycles. The first-order valence-electron chi connectivity index (χ1n) is 15.7. The van der Waals surface area contributed by atoms with Crippen molar-refractivity contribution in [1.82, 2.24) is 24.7 Å². The van der Waals surface area contributed by atoms with E-state index in [2.05, 4.69) is 67.7 Å². The normalized spacial score (nSPS) is 19.4. The number of primary amides is 1. The predicted octanol–water partition coefficient (Wildman–Crippen LogP) is 4.13. The third-order valence-corrected chi connectivity index (χ3v) is 9.65. The number of benzene rings is 1. The fraction of sp³-hybridized carbons (Fsp3) is 0.576. The van der Waals surface area contributed by atoms with Crippen molar-refractivity contribution >= 4 is 39.3 Å². The Balaban J connectivity index is 1.29. The van der Waals surface area contributed by atoms with Crippen LogP contribution in [0.3, 0.4) is 0 Å². The number of aromatic nitrogens is 2. The molecule has 3 N–H and O–H groups in total. The standard InChI is InChI=1S/C33H48BrN7O3/c1-6-23(2)40(25-9-10-27(26(34)20-25)39-19-14-36-22-39)18-13-24-11-16-38(17-12-24)21-29(42)37-30(33(3,4)5)32(44)41-15-7-8-28(41)31(35)43/h6,9-10,14,19-20,22-24,28,30H,1,7-8,11-13,15-18,21H2,2-5H3,(H2,35,43)(H,37,42)/t23?,28-,30+/m0/s1. The Morgan fingerprint density at radius 3 is 2.52 bits per heavy atom. The van der Waals surface area contributed by atoms with Gasteiger partial charge in [0.1, 0.15) is 12.1 Å². The molecule has 240 valence electrons. The van der Waals surface area contributed by atoms with E-state index in [0.717, 1.165) is 61.2 Å². The van der Waals surface area contributed by atoms with E-state index in [-0.39, 0.29) is 24.4 Å². The van der Waals surface area contributed by atoms with Crippen molar-refractivity contribution in [2.75, 3.05) is 37.6 Å². The van der Waals surface area contributed by atoms with E-state index in [4.69, 9.17) is 5.73 Å². The second kappa shape index (κ2) is 14.7. The van der Waals surface area contributed by atoms with Gasteiger partial charge in [0, 0.05) is 41.7 Å². The molecule has 0 aliphatic carbocycles. The van der Waals surface area contributed by atoms with Crippen molar-refractivity contribution in [2.45, 2.75) is 77.9 Å². The Bertz CT molecular complexity index is 1300. The highest BCUT2D eigenvalue weighted by molar-refractivity contribution is 9.10. The molecule has 2 aromatic rings. The van der Waals surface area contributed by atoms with Gasteiger partial charge in [0.05, 0.1) is 18.6 Å². The maximum absolute atomic E-state index is 13.4. The fourth-order valence-electron chi connectivity index (χ4n) is 6.29. The topological polar surface area (TPSA) is 117 Å². The summed E-state index contributed by atoms with van der Waals surface area (Å²) in [6, 6.07) is 5.27. The molecule has 44 heavy (non-hydrogen) atoms. The van der Waals surface area contributed by atoms with Gasteiger partial charge in [-0.05, 0) is 97.6 Å². The summed E-state index contributed by atoms with van der Waals surface area (Å²) in [6.45, 7) is 15.3. The molecule has 0 bridgehead atoms. The monoisotopic (exact) mass is 669 g/mol. The minimum Gasteiger partial charge on any atom is -0.368 e. The highest BCUT2D eigenvalue weighted by atomic mass is 79.9. The molecule has 2 fully saturated rings. The van der Waals surface area contributed by atoms with Crippen molar-refractivity contribution in [3.63, 3.8) is 0 Å². The highest BCUT2D eigenvalue weighted by Crippen LogP contribution is 2.30. The quantitative estimate of drug-likeness (QED) is 0.329. The van der Waals surface area contributed by atoms with Gasteiger partial charge in [-0.1, -0.05) is 26.8 Å². The molecule has 2 aliphatic rings. The lowest BCUT2D eigenvalue weighted by Crippen LogP contribution is -2.58.